The van der Waals surface area contributed by atoms with Crippen LogP contribution in [0.3, 0.4) is 0 Å². The number of nitrogens with zero attached hydrogens (tertiary/aromatic N) is 1. The number of rotatable bonds is 3. The summed E-state index contributed by atoms with van der Waals surface area (Å²) in [5.41, 5.74) is 2.35. The zero-order valence-corrected chi connectivity index (χ0v) is 12.4. The molecule has 0 aliphatic rings. The van der Waals surface area contributed by atoms with Gasteiger partial charge in [-0.25, -0.2) is 4.98 Å². The normalized spacial score (nSPS) is 11.4. The Morgan fingerprint density at radius 1 is 1.15 bits per heavy atom. The van der Waals surface area contributed by atoms with Gasteiger partial charge in [0.2, 0.25) is 5.95 Å². The third kappa shape index (κ3) is 3.35. The molecule has 2 rings (SSSR count). The van der Waals surface area contributed by atoms with Crippen LogP contribution in [0.25, 0.3) is 0 Å². The SMILES string of the molecule is CCc1ccc(Oc2ccnc(F)c2)c(C(C)(C)C)c1. The fourth-order valence-electron chi connectivity index (χ4n) is 2.05. The second kappa shape index (κ2) is 5.61. The van der Waals surface area contributed by atoms with Crippen molar-refractivity contribution in [2.45, 2.75) is 39.5 Å². The Morgan fingerprint density at radius 3 is 2.50 bits per heavy atom. The van der Waals surface area contributed by atoms with Crippen LogP contribution in [0.1, 0.15) is 38.8 Å². The minimum absolute atomic E-state index is 0.0356. The summed E-state index contributed by atoms with van der Waals surface area (Å²) in [7, 11) is 0. The average molecular weight is 273 g/mol. The van der Waals surface area contributed by atoms with Crippen LogP contribution in [-0.2, 0) is 11.8 Å². The van der Waals surface area contributed by atoms with Crippen molar-refractivity contribution in [3.63, 3.8) is 0 Å². The van der Waals surface area contributed by atoms with Crippen molar-refractivity contribution in [2.24, 2.45) is 0 Å². The van der Waals surface area contributed by atoms with E-state index in [1.807, 2.05) is 12.1 Å². The predicted molar refractivity (Wildman–Crippen MR) is 78.8 cm³/mol. The number of ether oxygens (including phenoxy) is 1. The van der Waals surface area contributed by atoms with Crippen LogP contribution in [0, 0.1) is 5.95 Å². The Balaban J connectivity index is 2.41. The number of aromatic nitrogens is 1. The lowest BCUT2D eigenvalue weighted by atomic mass is 9.85. The maximum Gasteiger partial charge on any atom is 0.216 e. The van der Waals surface area contributed by atoms with Gasteiger partial charge in [-0.1, -0.05) is 39.8 Å². The average Bonchev–Trinajstić information content (AvgIpc) is 2.38. The lowest BCUT2D eigenvalue weighted by Gasteiger charge is -2.23. The summed E-state index contributed by atoms with van der Waals surface area (Å²) in [6, 6.07) is 9.11. The fraction of sp³-hybridized carbons (Fsp3) is 0.353. The molecule has 20 heavy (non-hydrogen) atoms. The summed E-state index contributed by atoms with van der Waals surface area (Å²) in [5, 5.41) is 0. The standard InChI is InChI=1S/C17H20FNO/c1-5-12-6-7-15(14(10-12)17(2,3)4)20-13-8-9-19-16(18)11-13/h6-11H,5H2,1-4H3. The van der Waals surface area contributed by atoms with Gasteiger partial charge < -0.3 is 4.74 Å². The van der Waals surface area contributed by atoms with Gasteiger partial charge in [-0.3, -0.25) is 0 Å². The summed E-state index contributed by atoms with van der Waals surface area (Å²) < 4.78 is 19.0. The van der Waals surface area contributed by atoms with Gasteiger partial charge in [0, 0.05) is 17.8 Å². The molecule has 2 nitrogen and oxygen atoms in total. The maximum absolute atomic E-state index is 13.1. The smallest absolute Gasteiger partial charge is 0.216 e. The van der Waals surface area contributed by atoms with E-state index in [0.717, 1.165) is 17.7 Å². The highest BCUT2D eigenvalue weighted by Crippen LogP contribution is 2.35. The van der Waals surface area contributed by atoms with Gasteiger partial charge in [0.15, 0.2) is 0 Å². The number of hydrogen-bond acceptors (Lipinski definition) is 2. The summed E-state index contributed by atoms with van der Waals surface area (Å²) in [4.78, 5) is 3.53. The number of aryl methyl sites for hydroxylation is 1. The first-order valence-electron chi connectivity index (χ1n) is 6.83. The summed E-state index contributed by atoms with van der Waals surface area (Å²) in [6.45, 7) is 8.55. The van der Waals surface area contributed by atoms with Crippen LogP contribution in [0.2, 0.25) is 0 Å². The van der Waals surface area contributed by atoms with E-state index in [2.05, 4.69) is 38.7 Å². The highest BCUT2D eigenvalue weighted by Gasteiger charge is 2.20. The molecule has 1 aromatic carbocycles. The van der Waals surface area contributed by atoms with E-state index in [-0.39, 0.29) is 5.41 Å². The van der Waals surface area contributed by atoms with Crippen molar-refractivity contribution in [2.75, 3.05) is 0 Å². The molecule has 2 aromatic rings. The van der Waals surface area contributed by atoms with Gasteiger partial charge in [0.25, 0.3) is 0 Å². The Labute approximate surface area is 119 Å². The molecule has 0 atom stereocenters. The molecule has 0 bridgehead atoms. The Hall–Kier alpha value is -1.90. The van der Waals surface area contributed by atoms with E-state index in [0.29, 0.717) is 5.75 Å². The predicted octanol–water partition coefficient (Wildman–Crippen LogP) is 4.87. The minimum atomic E-state index is -0.537. The summed E-state index contributed by atoms with van der Waals surface area (Å²) in [6.07, 6.45) is 2.38. The first kappa shape index (κ1) is 14.5. The molecule has 0 saturated heterocycles. The monoisotopic (exact) mass is 273 g/mol. The molecule has 0 aliphatic carbocycles. The molecule has 0 aliphatic heterocycles. The molecular weight excluding hydrogens is 253 g/mol. The molecule has 0 spiro atoms. The van der Waals surface area contributed by atoms with E-state index in [1.54, 1.807) is 6.07 Å². The number of hydrogen-bond donors (Lipinski definition) is 0. The minimum Gasteiger partial charge on any atom is -0.457 e. The van der Waals surface area contributed by atoms with Crippen LogP contribution in [0.5, 0.6) is 11.5 Å². The molecule has 0 amide bonds. The van der Waals surface area contributed by atoms with Crippen molar-refractivity contribution in [1.29, 1.82) is 0 Å². The van der Waals surface area contributed by atoms with Crippen molar-refractivity contribution in [1.82, 2.24) is 4.98 Å². The van der Waals surface area contributed by atoms with E-state index in [1.165, 1.54) is 17.8 Å². The molecule has 1 aromatic heterocycles. The van der Waals surface area contributed by atoms with Gasteiger partial charge in [0.05, 0.1) is 0 Å². The van der Waals surface area contributed by atoms with Gasteiger partial charge in [-0.05, 0) is 29.5 Å². The van der Waals surface area contributed by atoms with Crippen molar-refractivity contribution >= 4 is 0 Å². The molecule has 0 unspecified atom stereocenters. The van der Waals surface area contributed by atoms with Crippen LogP contribution in [0.15, 0.2) is 36.5 Å². The lowest BCUT2D eigenvalue weighted by molar-refractivity contribution is 0.448. The Morgan fingerprint density at radius 2 is 1.90 bits per heavy atom. The molecule has 0 N–H and O–H groups in total. The Kier molecular flexibility index (Phi) is 4.07. The highest BCUT2D eigenvalue weighted by atomic mass is 19.1. The zero-order valence-electron chi connectivity index (χ0n) is 12.4. The molecule has 106 valence electrons. The van der Waals surface area contributed by atoms with E-state index < -0.39 is 5.95 Å². The van der Waals surface area contributed by atoms with Crippen molar-refractivity contribution in [3.8, 4) is 11.5 Å². The third-order valence-electron chi connectivity index (χ3n) is 3.19. The topological polar surface area (TPSA) is 22.1 Å². The van der Waals surface area contributed by atoms with Crippen molar-refractivity contribution < 1.29 is 9.13 Å². The zero-order chi connectivity index (χ0) is 14.8. The molecule has 0 radical (unpaired) electrons. The van der Waals surface area contributed by atoms with Gasteiger partial charge in [-0.2, -0.15) is 4.39 Å². The third-order valence-corrected chi connectivity index (χ3v) is 3.19. The molecule has 0 fully saturated rings. The van der Waals surface area contributed by atoms with Gasteiger partial charge in [-0.15, -0.1) is 0 Å². The van der Waals surface area contributed by atoms with E-state index >= 15 is 0 Å². The second-order valence-corrected chi connectivity index (χ2v) is 5.85. The largest absolute Gasteiger partial charge is 0.457 e. The lowest BCUT2D eigenvalue weighted by Crippen LogP contribution is -2.13. The highest BCUT2D eigenvalue weighted by molar-refractivity contribution is 5.44. The summed E-state index contributed by atoms with van der Waals surface area (Å²) >= 11 is 0. The van der Waals surface area contributed by atoms with E-state index in [9.17, 15) is 4.39 Å². The quantitative estimate of drug-likeness (QED) is 0.744. The number of pyridine rings is 1. The number of halogens is 1. The molecule has 3 heteroatoms. The van der Waals surface area contributed by atoms with Crippen LogP contribution in [-0.4, -0.2) is 4.98 Å². The van der Waals surface area contributed by atoms with E-state index in [4.69, 9.17) is 4.74 Å². The van der Waals surface area contributed by atoms with Crippen LogP contribution < -0.4 is 4.74 Å². The summed E-state index contributed by atoms with van der Waals surface area (Å²) in [5.74, 6) is 0.692. The first-order chi connectivity index (χ1) is 9.40. The molecule has 0 saturated carbocycles. The van der Waals surface area contributed by atoms with Crippen LogP contribution in [0.4, 0.5) is 4.39 Å². The molecular formula is C17H20FNO. The second-order valence-electron chi connectivity index (χ2n) is 5.85. The first-order valence-corrected chi connectivity index (χ1v) is 6.83. The van der Waals surface area contributed by atoms with Gasteiger partial charge >= 0.3 is 0 Å². The number of benzene rings is 1. The maximum atomic E-state index is 13.1. The molecule has 1 heterocycles. The van der Waals surface area contributed by atoms with Crippen molar-refractivity contribution in [3.05, 3.63) is 53.6 Å². The fourth-order valence-corrected chi connectivity index (χ4v) is 2.05. The van der Waals surface area contributed by atoms with Gasteiger partial charge in [0.1, 0.15) is 11.5 Å². The Bertz CT molecular complexity index is 602. The van der Waals surface area contributed by atoms with Crippen LogP contribution >= 0.6 is 0 Å².